The van der Waals surface area contributed by atoms with Crippen molar-refractivity contribution in [3.05, 3.63) is 34.9 Å². The van der Waals surface area contributed by atoms with Crippen LogP contribution >= 0.6 is 0 Å². The number of benzene rings is 1. The molecular weight excluding hydrogens is 163 g/mol. The first-order chi connectivity index (χ1) is 6.20. The van der Waals surface area contributed by atoms with Crippen LogP contribution < -0.4 is 0 Å². The molecule has 0 aliphatic rings. The van der Waals surface area contributed by atoms with Crippen LogP contribution in [0.4, 0.5) is 4.39 Å². The number of aryl methyl sites for hydroxylation is 1. The van der Waals surface area contributed by atoms with E-state index in [0.29, 0.717) is 0 Å². The maximum Gasteiger partial charge on any atom is 0.0960 e. The molecule has 13 heavy (non-hydrogen) atoms. The van der Waals surface area contributed by atoms with E-state index in [1.807, 2.05) is 19.1 Å². The molecule has 0 heterocycles. The molecule has 1 atom stereocenters. The minimum absolute atomic E-state index is 0.0369. The molecule has 0 saturated carbocycles. The highest BCUT2D eigenvalue weighted by Crippen LogP contribution is 2.23. The average molecular weight is 180 g/mol. The molecule has 0 bridgehead atoms. The summed E-state index contributed by atoms with van der Waals surface area (Å²) < 4.78 is 12.5. The molecule has 0 nitrogen and oxygen atoms in total. The summed E-state index contributed by atoms with van der Waals surface area (Å²) in [5.74, 6) is 0.0369. The van der Waals surface area contributed by atoms with E-state index >= 15 is 0 Å². The van der Waals surface area contributed by atoms with Crippen LogP contribution in [0.2, 0.25) is 0 Å². The molecule has 0 N–H and O–H groups in total. The molecule has 0 aliphatic heterocycles. The van der Waals surface area contributed by atoms with Gasteiger partial charge in [0.15, 0.2) is 0 Å². The normalized spacial score (nSPS) is 12.9. The molecule has 1 unspecified atom stereocenters. The minimum Gasteiger partial charge on any atom is -0.250 e. The standard InChI is InChI=1S/C12H17F/c1-4-11-9(2)6-5-7-12(11)10(3)8-13/h5-7,10H,4,8H2,1-3H3. The molecule has 0 saturated heterocycles. The fourth-order valence-corrected chi connectivity index (χ4v) is 1.75. The van der Waals surface area contributed by atoms with E-state index in [1.165, 1.54) is 16.7 Å². The largest absolute Gasteiger partial charge is 0.250 e. The van der Waals surface area contributed by atoms with Crippen molar-refractivity contribution in [2.75, 3.05) is 6.67 Å². The molecular formula is C12H17F. The summed E-state index contributed by atoms with van der Waals surface area (Å²) in [4.78, 5) is 0. The van der Waals surface area contributed by atoms with Gasteiger partial charge in [-0.15, -0.1) is 0 Å². The molecule has 1 aromatic carbocycles. The Kier molecular flexibility index (Phi) is 3.47. The van der Waals surface area contributed by atoms with Gasteiger partial charge in [0.25, 0.3) is 0 Å². The van der Waals surface area contributed by atoms with Crippen molar-refractivity contribution < 1.29 is 4.39 Å². The third-order valence-electron chi connectivity index (χ3n) is 2.56. The van der Waals surface area contributed by atoms with E-state index in [1.54, 1.807) is 0 Å². The van der Waals surface area contributed by atoms with Crippen LogP contribution in [0.1, 0.15) is 36.5 Å². The van der Waals surface area contributed by atoms with Gasteiger partial charge in [0.1, 0.15) is 0 Å². The number of alkyl halides is 1. The van der Waals surface area contributed by atoms with Crippen LogP contribution in [0, 0.1) is 6.92 Å². The quantitative estimate of drug-likeness (QED) is 0.666. The minimum atomic E-state index is -0.267. The first-order valence-electron chi connectivity index (χ1n) is 4.85. The van der Waals surface area contributed by atoms with Gasteiger partial charge in [-0.05, 0) is 30.0 Å². The Balaban J connectivity index is 3.12. The highest BCUT2D eigenvalue weighted by molar-refractivity contribution is 5.36. The van der Waals surface area contributed by atoms with Crippen molar-refractivity contribution in [3.63, 3.8) is 0 Å². The molecule has 0 aromatic heterocycles. The maximum absolute atomic E-state index is 12.5. The summed E-state index contributed by atoms with van der Waals surface area (Å²) in [5.41, 5.74) is 3.76. The van der Waals surface area contributed by atoms with Crippen molar-refractivity contribution in [1.29, 1.82) is 0 Å². The summed E-state index contributed by atoms with van der Waals surface area (Å²) in [5, 5.41) is 0. The highest BCUT2D eigenvalue weighted by atomic mass is 19.1. The van der Waals surface area contributed by atoms with Gasteiger partial charge < -0.3 is 0 Å². The van der Waals surface area contributed by atoms with Crippen LogP contribution in [0.3, 0.4) is 0 Å². The highest BCUT2D eigenvalue weighted by Gasteiger charge is 2.10. The molecule has 1 heteroatoms. The maximum atomic E-state index is 12.5. The summed E-state index contributed by atoms with van der Waals surface area (Å²) >= 11 is 0. The smallest absolute Gasteiger partial charge is 0.0960 e. The predicted molar refractivity (Wildman–Crippen MR) is 54.9 cm³/mol. The van der Waals surface area contributed by atoms with Crippen LogP contribution in [0.5, 0.6) is 0 Å². The van der Waals surface area contributed by atoms with Gasteiger partial charge in [-0.25, -0.2) is 0 Å². The van der Waals surface area contributed by atoms with Crippen molar-refractivity contribution in [3.8, 4) is 0 Å². The van der Waals surface area contributed by atoms with Crippen molar-refractivity contribution >= 4 is 0 Å². The Hall–Kier alpha value is -0.850. The third kappa shape index (κ3) is 2.09. The van der Waals surface area contributed by atoms with Crippen LogP contribution in [0.25, 0.3) is 0 Å². The van der Waals surface area contributed by atoms with E-state index in [2.05, 4.69) is 19.9 Å². The summed E-state index contributed by atoms with van der Waals surface area (Å²) in [6.07, 6.45) is 0.992. The Labute approximate surface area is 79.8 Å². The lowest BCUT2D eigenvalue weighted by molar-refractivity contribution is 0.446. The second-order valence-electron chi connectivity index (χ2n) is 3.55. The molecule has 1 aromatic rings. The van der Waals surface area contributed by atoms with E-state index in [-0.39, 0.29) is 12.6 Å². The number of rotatable bonds is 3. The van der Waals surface area contributed by atoms with Gasteiger partial charge in [-0.2, -0.15) is 0 Å². The molecule has 0 fully saturated rings. The fourth-order valence-electron chi connectivity index (χ4n) is 1.75. The molecule has 0 amide bonds. The Morgan fingerprint density at radius 1 is 1.38 bits per heavy atom. The molecule has 0 aliphatic carbocycles. The monoisotopic (exact) mass is 180 g/mol. The molecule has 72 valence electrons. The van der Waals surface area contributed by atoms with Gasteiger partial charge >= 0.3 is 0 Å². The van der Waals surface area contributed by atoms with E-state index < -0.39 is 0 Å². The zero-order valence-electron chi connectivity index (χ0n) is 8.60. The van der Waals surface area contributed by atoms with E-state index in [4.69, 9.17) is 0 Å². The lowest BCUT2D eigenvalue weighted by atomic mass is 9.92. The van der Waals surface area contributed by atoms with E-state index in [9.17, 15) is 4.39 Å². The Morgan fingerprint density at radius 2 is 2.08 bits per heavy atom. The number of halogens is 1. The zero-order valence-corrected chi connectivity index (χ0v) is 8.60. The Bertz CT molecular complexity index is 278. The summed E-state index contributed by atoms with van der Waals surface area (Å²) in [6, 6.07) is 6.14. The van der Waals surface area contributed by atoms with Gasteiger partial charge in [0, 0.05) is 5.92 Å². The first-order valence-corrected chi connectivity index (χ1v) is 4.85. The van der Waals surface area contributed by atoms with Crippen LogP contribution in [0.15, 0.2) is 18.2 Å². The predicted octanol–water partition coefficient (Wildman–Crippen LogP) is 3.63. The van der Waals surface area contributed by atoms with Crippen molar-refractivity contribution in [2.24, 2.45) is 0 Å². The van der Waals surface area contributed by atoms with Crippen LogP contribution in [-0.2, 0) is 6.42 Å². The van der Waals surface area contributed by atoms with Crippen LogP contribution in [-0.4, -0.2) is 6.67 Å². The lowest BCUT2D eigenvalue weighted by Crippen LogP contribution is -2.02. The van der Waals surface area contributed by atoms with Crippen molar-refractivity contribution in [1.82, 2.24) is 0 Å². The van der Waals surface area contributed by atoms with Gasteiger partial charge in [0.2, 0.25) is 0 Å². The molecule has 0 radical (unpaired) electrons. The topological polar surface area (TPSA) is 0 Å². The lowest BCUT2D eigenvalue weighted by Gasteiger charge is -2.14. The summed E-state index contributed by atoms with van der Waals surface area (Å²) in [6.45, 7) is 5.88. The van der Waals surface area contributed by atoms with Crippen molar-refractivity contribution in [2.45, 2.75) is 33.1 Å². The fraction of sp³-hybridized carbons (Fsp3) is 0.500. The number of hydrogen-bond donors (Lipinski definition) is 0. The summed E-state index contributed by atoms with van der Waals surface area (Å²) in [7, 11) is 0. The molecule has 1 rings (SSSR count). The molecule has 0 spiro atoms. The third-order valence-corrected chi connectivity index (χ3v) is 2.56. The first kappa shape index (κ1) is 10.2. The van der Waals surface area contributed by atoms with E-state index in [0.717, 1.165) is 6.42 Å². The zero-order chi connectivity index (χ0) is 9.84. The average Bonchev–Trinajstić information content (AvgIpc) is 2.16. The van der Waals surface area contributed by atoms with Gasteiger partial charge in [0.05, 0.1) is 6.67 Å². The second kappa shape index (κ2) is 4.40. The van der Waals surface area contributed by atoms with Gasteiger partial charge in [-0.3, -0.25) is 4.39 Å². The SMILES string of the molecule is CCc1c(C)cccc1C(C)CF. The second-order valence-corrected chi connectivity index (χ2v) is 3.55. The number of hydrogen-bond acceptors (Lipinski definition) is 0. The Morgan fingerprint density at radius 3 is 2.62 bits per heavy atom. The van der Waals surface area contributed by atoms with Gasteiger partial charge in [-0.1, -0.05) is 32.0 Å².